The smallest absolute Gasteiger partial charge is 0.333 e. The van der Waals surface area contributed by atoms with Crippen LogP contribution in [0.25, 0.3) is 15.2 Å². The quantitative estimate of drug-likeness (QED) is 0.193. The SMILES string of the molecule is C=C(OC)/C(=C\C)[C@H](Cn1c(=O)n(C(C)(C)C(=O)N2CCCC2)c(=O)c2c(C)c(-n3cccn3)sc21)OCCC#N. The summed E-state index contributed by atoms with van der Waals surface area (Å²) in [5, 5.41) is 14.5. The standard InChI is InChI=1S/C29H36N6O5S/c1-7-21(20(3)39-6)22(40-17-10-12-30)18-33-26-23(19(2)25(41-26)34-16-11-13-31-34)24(36)35(28(33)38)29(4,5)27(37)32-14-8-9-15-32/h7,11,13,16,22H,3,8-10,14-15,17-18H2,1-2,4-6H3/b21-7+/t22-/m0/s1. The topological polar surface area (TPSA) is 124 Å². The van der Waals surface area contributed by atoms with Gasteiger partial charge in [-0.05, 0) is 46.6 Å². The van der Waals surface area contributed by atoms with Crippen molar-refractivity contribution in [3.8, 4) is 11.1 Å². The first-order valence-electron chi connectivity index (χ1n) is 13.5. The summed E-state index contributed by atoms with van der Waals surface area (Å²) in [4.78, 5) is 44.3. The van der Waals surface area contributed by atoms with Crippen molar-refractivity contribution in [1.82, 2.24) is 23.8 Å². The highest BCUT2D eigenvalue weighted by molar-refractivity contribution is 7.21. The molecule has 0 spiro atoms. The highest BCUT2D eigenvalue weighted by atomic mass is 32.1. The number of rotatable bonds is 11. The Labute approximate surface area is 242 Å². The summed E-state index contributed by atoms with van der Waals surface area (Å²) in [6.45, 7) is 12.1. The average Bonchev–Trinajstić information content (AvgIpc) is 3.72. The van der Waals surface area contributed by atoms with Gasteiger partial charge in [0.25, 0.3) is 5.56 Å². The van der Waals surface area contributed by atoms with Gasteiger partial charge in [0.1, 0.15) is 27.2 Å². The lowest BCUT2D eigenvalue weighted by Crippen LogP contribution is -2.56. The number of methoxy groups -OCH3 is 1. The minimum Gasteiger partial charge on any atom is -0.497 e. The van der Waals surface area contributed by atoms with Crippen LogP contribution in [0.3, 0.4) is 0 Å². The molecule has 218 valence electrons. The molecule has 1 atom stereocenters. The number of hydrogen-bond acceptors (Lipinski definition) is 8. The van der Waals surface area contributed by atoms with Gasteiger partial charge in [0.15, 0.2) is 0 Å². The van der Waals surface area contributed by atoms with E-state index in [1.165, 1.54) is 23.0 Å². The Hall–Kier alpha value is -3.95. The summed E-state index contributed by atoms with van der Waals surface area (Å²) in [6, 6.07) is 3.85. The highest BCUT2D eigenvalue weighted by Gasteiger charge is 2.39. The fourth-order valence-electron chi connectivity index (χ4n) is 5.30. The first-order chi connectivity index (χ1) is 19.6. The van der Waals surface area contributed by atoms with E-state index in [-0.39, 0.29) is 25.5 Å². The van der Waals surface area contributed by atoms with Gasteiger partial charge in [-0.1, -0.05) is 24.0 Å². The maximum Gasteiger partial charge on any atom is 0.333 e. The molecule has 0 bridgehead atoms. The summed E-state index contributed by atoms with van der Waals surface area (Å²) in [7, 11) is 1.49. The van der Waals surface area contributed by atoms with Crippen molar-refractivity contribution in [2.45, 2.75) is 65.1 Å². The minimum absolute atomic E-state index is 0.00438. The van der Waals surface area contributed by atoms with Crippen molar-refractivity contribution in [2.75, 3.05) is 26.8 Å². The number of fused-ring (bicyclic) bond motifs is 1. The molecule has 0 radical (unpaired) electrons. The van der Waals surface area contributed by atoms with E-state index in [1.54, 1.807) is 48.0 Å². The number of thiophene rings is 1. The molecule has 1 saturated heterocycles. The molecule has 4 heterocycles. The Balaban J connectivity index is 1.99. The fourth-order valence-corrected chi connectivity index (χ4v) is 6.54. The molecule has 0 unspecified atom stereocenters. The zero-order chi connectivity index (χ0) is 29.9. The first-order valence-corrected chi connectivity index (χ1v) is 14.4. The summed E-state index contributed by atoms with van der Waals surface area (Å²) >= 11 is 1.27. The Kier molecular flexibility index (Phi) is 8.99. The summed E-state index contributed by atoms with van der Waals surface area (Å²) < 4.78 is 15.7. The van der Waals surface area contributed by atoms with Crippen molar-refractivity contribution in [3.05, 3.63) is 68.8 Å². The van der Waals surface area contributed by atoms with Crippen LogP contribution in [-0.2, 0) is 26.4 Å². The Morgan fingerprint density at radius 2 is 2.02 bits per heavy atom. The second-order valence-electron chi connectivity index (χ2n) is 10.4. The van der Waals surface area contributed by atoms with Crippen LogP contribution in [0.5, 0.6) is 0 Å². The fraction of sp³-hybridized carbons (Fsp3) is 0.483. The minimum atomic E-state index is -1.44. The van der Waals surface area contributed by atoms with Crippen LogP contribution in [0.2, 0.25) is 0 Å². The Bertz CT molecular complexity index is 1630. The number of nitrogens with zero attached hydrogens (tertiary/aromatic N) is 6. The maximum absolute atomic E-state index is 14.4. The largest absolute Gasteiger partial charge is 0.497 e. The molecular weight excluding hydrogens is 544 g/mol. The lowest BCUT2D eigenvalue weighted by Gasteiger charge is -2.31. The highest BCUT2D eigenvalue weighted by Crippen LogP contribution is 2.32. The average molecular weight is 581 g/mol. The number of aryl methyl sites for hydroxylation is 1. The number of amides is 1. The first kappa shape index (κ1) is 30.0. The number of aromatic nitrogens is 4. The van der Waals surface area contributed by atoms with Gasteiger partial charge in [-0.2, -0.15) is 10.4 Å². The van der Waals surface area contributed by atoms with Gasteiger partial charge < -0.3 is 14.4 Å². The van der Waals surface area contributed by atoms with Crippen LogP contribution >= 0.6 is 11.3 Å². The molecule has 3 aromatic heterocycles. The van der Waals surface area contributed by atoms with Gasteiger partial charge >= 0.3 is 5.69 Å². The van der Waals surface area contributed by atoms with Crippen LogP contribution in [0.1, 0.15) is 45.6 Å². The van der Waals surface area contributed by atoms with Crippen LogP contribution in [-0.4, -0.2) is 62.6 Å². The molecule has 41 heavy (non-hydrogen) atoms. The molecule has 1 amide bonds. The summed E-state index contributed by atoms with van der Waals surface area (Å²) in [6.07, 6.45) is 6.39. The molecule has 1 fully saturated rings. The van der Waals surface area contributed by atoms with Crippen LogP contribution in [0, 0.1) is 18.3 Å². The van der Waals surface area contributed by atoms with Crippen LogP contribution in [0.4, 0.5) is 0 Å². The van der Waals surface area contributed by atoms with Crippen LogP contribution < -0.4 is 11.2 Å². The molecule has 1 aliphatic rings. The van der Waals surface area contributed by atoms with Crippen molar-refractivity contribution >= 4 is 27.5 Å². The number of allylic oxidation sites excluding steroid dienone is 1. The molecule has 4 rings (SSSR count). The predicted octanol–water partition coefficient (Wildman–Crippen LogP) is 3.48. The van der Waals surface area contributed by atoms with Crippen molar-refractivity contribution in [2.24, 2.45) is 0 Å². The van der Waals surface area contributed by atoms with E-state index in [9.17, 15) is 14.4 Å². The van der Waals surface area contributed by atoms with Crippen LogP contribution in [0.15, 0.2) is 52.0 Å². The molecule has 3 aromatic rings. The molecule has 0 aliphatic carbocycles. The lowest BCUT2D eigenvalue weighted by atomic mass is 10.0. The molecule has 1 aliphatic heterocycles. The predicted molar refractivity (Wildman–Crippen MR) is 157 cm³/mol. The zero-order valence-electron chi connectivity index (χ0n) is 24.2. The van der Waals surface area contributed by atoms with E-state index in [1.807, 2.05) is 13.8 Å². The summed E-state index contributed by atoms with van der Waals surface area (Å²) in [5.41, 5.74) is -1.33. The Morgan fingerprint density at radius 3 is 2.61 bits per heavy atom. The van der Waals surface area contributed by atoms with Gasteiger partial charge in [-0.25, -0.2) is 14.0 Å². The molecule has 0 N–H and O–H groups in total. The van der Waals surface area contributed by atoms with Crippen molar-refractivity contribution in [1.29, 1.82) is 5.26 Å². The Morgan fingerprint density at radius 1 is 1.32 bits per heavy atom. The second kappa shape index (κ2) is 12.3. The van der Waals surface area contributed by atoms with E-state index in [4.69, 9.17) is 14.7 Å². The maximum atomic E-state index is 14.4. The second-order valence-corrected chi connectivity index (χ2v) is 11.4. The normalized spacial score (nSPS) is 14.8. The van der Waals surface area contributed by atoms with E-state index in [2.05, 4.69) is 17.7 Å². The number of carbonyl (C=O) groups excluding carboxylic acids is 1. The monoisotopic (exact) mass is 580 g/mol. The number of likely N-dealkylation sites (tertiary alicyclic amines) is 1. The molecular formula is C29H36N6O5S. The van der Waals surface area contributed by atoms with E-state index >= 15 is 0 Å². The number of ether oxygens (including phenoxy) is 2. The van der Waals surface area contributed by atoms with Gasteiger partial charge in [0.05, 0.1) is 38.1 Å². The van der Waals surface area contributed by atoms with Gasteiger partial charge in [-0.15, -0.1) is 0 Å². The third-order valence-corrected chi connectivity index (χ3v) is 8.79. The van der Waals surface area contributed by atoms with Crippen molar-refractivity contribution in [3.63, 3.8) is 0 Å². The third kappa shape index (κ3) is 5.52. The molecule has 0 aromatic carbocycles. The van der Waals surface area contributed by atoms with Crippen molar-refractivity contribution < 1.29 is 14.3 Å². The molecule has 0 saturated carbocycles. The van der Waals surface area contributed by atoms with E-state index < -0.39 is 22.9 Å². The molecule has 11 nitrogen and oxygen atoms in total. The van der Waals surface area contributed by atoms with Gasteiger partial charge in [0, 0.05) is 36.6 Å². The lowest BCUT2D eigenvalue weighted by molar-refractivity contribution is -0.138. The van der Waals surface area contributed by atoms with Gasteiger partial charge in [0.2, 0.25) is 5.91 Å². The number of hydrogen-bond donors (Lipinski definition) is 0. The van der Waals surface area contributed by atoms with E-state index in [0.717, 1.165) is 17.4 Å². The summed E-state index contributed by atoms with van der Waals surface area (Å²) in [5.74, 6) is 0.0835. The third-order valence-electron chi connectivity index (χ3n) is 7.48. The number of nitriles is 1. The molecule has 12 heteroatoms. The van der Waals surface area contributed by atoms with E-state index in [0.29, 0.717) is 45.2 Å². The number of carbonyl (C=O) groups is 1. The zero-order valence-corrected chi connectivity index (χ0v) is 25.0. The van der Waals surface area contributed by atoms with Gasteiger partial charge in [-0.3, -0.25) is 14.2 Å².